The molecule has 0 radical (unpaired) electrons. The molecule has 0 spiro atoms. The molecule has 166 valence electrons. The fraction of sp³-hybridized carbons (Fsp3) is 0.464. The van der Waals surface area contributed by atoms with E-state index >= 15 is 0 Å². The van der Waals surface area contributed by atoms with Crippen LogP contribution in [0.3, 0.4) is 0 Å². The Hall–Kier alpha value is -2.23. The summed E-state index contributed by atoms with van der Waals surface area (Å²) in [5, 5.41) is 11.6. The summed E-state index contributed by atoms with van der Waals surface area (Å²) in [6.07, 6.45) is 5.66. The number of carbonyl (C=O) groups excluding carboxylic acids is 1. The number of likely N-dealkylation sites (tertiary alicyclic amines) is 1. The zero-order chi connectivity index (χ0) is 22.8. The molecule has 0 saturated carbocycles. The third-order valence-corrected chi connectivity index (χ3v) is 7.11. The number of piperidine rings is 1. The van der Waals surface area contributed by atoms with Crippen LogP contribution in [-0.2, 0) is 11.2 Å². The predicted octanol–water partition coefficient (Wildman–Crippen LogP) is 4.96. The minimum absolute atomic E-state index is 0.163. The number of rotatable bonds is 6. The van der Waals surface area contributed by atoms with Crippen LogP contribution in [0.2, 0.25) is 0 Å². The van der Waals surface area contributed by atoms with Gasteiger partial charge in [-0.3, -0.25) is 4.79 Å². The van der Waals surface area contributed by atoms with Gasteiger partial charge in [-0.15, -0.1) is 0 Å². The van der Waals surface area contributed by atoms with E-state index in [-0.39, 0.29) is 11.7 Å². The van der Waals surface area contributed by atoms with Crippen molar-refractivity contribution >= 4 is 11.9 Å². The molecule has 3 rings (SSSR count). The van der Waals surface area contributed by atoms with Gasteiger partial charge in [-0.2, -0.15) is 0 Å². The SMILES string of the molecule is Cc1ccc(C=CC2(O)CC[N+](C)(C)CC2C(=O)CCc2ccc(C)c(C)c2)cc1C. The Morgan fingerprint density at radius 1 is 1.03 bits per heavy atom. The second kappa shape index (κ2) is 9.10. The van der Waals surface area contributed by atoms with Gasteiger partial charge in [0, 0.05) is 12.8 Å². The van der Waals surface area contributed by atoms with E-state index in [0.717, 1.165) is 23.0 Å². The first-order valence-corrected chi connectivity index (χ1v) is 11.4. The van der Waals surface area contributed by atoms with E-state index in [1.165, 1.54) is 27.8 Å². The number of quaternary nitrogens is 1. The minimum atomic E-state index is -1.09. The molecular formula is C28H38NO2+. The molecule has 2 aromatic rings. The Balaban J connectivity index is 1.78. The quantitative estimate of drug-likeness (QED) is 0.671. The summed E-state index contributed by atoms with van der Waals surface area (Å²) in [5.74, 6) is -0.220. The van der Waals surface area contributed by atoms with Crippen molar-refractivity contribution in [3.8, 4) is 0 Å². The van der Waals surface area contributed by atoms with E-state index in [4.69, 9.17) is 0 Å². The van der Waals surface area contributed by atoms with Crippen LogP contribution in [0.25, 0.3) is 6.08 Å². The number of Topliss-reactive ketones (excluding diaryl/α,β-unsaturated/α-hetero) is 1. The molecule has 2 atom stereocenters. The van der Waals surface area contributed by atoms with E-state index in [0.29, 0.717) is 19.4 Å². The Bertz CT molecular complexity index is 989. The molecule has 1 N–H and O–H groups in total. The van der Waals surface area contributed by atoms with Gasteiger partial charge >= 0.3 is 0 Å². The fourth-order valence-corrected chi connectivity index (χ4v) is 4.49. The second-order valence-corrected chi connectivity index (χ2v) is 10.2. The highest BCUT2D eigenvalue weighted by molar-refractivity contribution is 5.83. The summed E-state index contributed by atoms with van der Waals surface area (Å²) >= 11 is 0. The summed E-state index contributed by atoms with van der Waals surface area (Å²) in [6, 6.07) is 12.7. The molecular weight excluding hydrogens is 382 g/mol. The van der Waals surface area contributed by atoms with E-state index in [2.05, 4.69) is 78.2 Å². The van der Waals surface area contributed by atoms with Gasteiger partial charge < -0.3 is 9.59 Å². The zero-order valence-corrected chi connectivity index (χ0v) is 20.0. The molecule has 2 unspecified atom stereocenters. The molecule has 0 bridgehead atoms. The number of nitrogens with zero attached hydrogens (tertiary/aromatic N) is 1. The molecule has 1 aliphatic heterocycles. The van der Waals surface area contributed by atoms with Crippen LogP contribution in [0.4, 0.5) is 0 Å². The third kappa shape index (κ3) is 5.72. The Morgan fingerprint density at radius 3 is 2.32 bits per heavy atom. The largest absolute Gasteiger partial charge is 0.385 e. The van der Waals surface area contributed by atoms with E-state index in [1.54, 1.807) is 0 Å². The minimum Gasteiger partial charge on any atom is -0.385 e. The Labute approximate surface area is 188 Å². The Kier molecular flexibility index (Phi) is 6.88. The summed E-state index contributed by atoms with van der Waals surface area (Å²) < 4.78 is 0.764. The first kappa shape index (κ1) is 23.4. The number of aryl methyl sites for hydroxylation is 5. The number of hydrogen-bond acceptors (Lipinski definition) is 2. The molecule has 1 saturated heterocycles. The van der Waals surface area contributed by atoms with Gasteiger partial charge in [-0.05, 0) is 67.5 Å². The van der Waals surface area contributed by atoms with Gasteiger partial charge in [-0.1, -0.05) is 48.6 Å². The first-order valence-electron chi connectivity index (χ1n) is 11.4. The van der Waals surface area contributed by atoms with Gasteiger partial charge in [-0.25, -0.2) is 0 Å². The van der Waals surface area contributed by atoms with Crippen molar-refractivity contribution in [3.05, 3.63) is 75.9 Å². The van der Waals surface area contributed by atoms with Gasteiger partial charge in [0.1, 0.15) is 11.4 Å². The maximum atomic E-state index is 13.3. The molecule has 1 aliphatic rings. The number of aliphatic hydroxyl groups is 1. The van der Waals surface area contributed by atoms with Crippen molar-refractivity contribution < 1.29 is 14.4 Å². The van der Waals surface area contributed by atoms with Crippen LogP contribution in [0.15, 0.2) is 42.5 Å². The highest BCUT2D eigenvalue weighted by Gasteiger charge is 2.47. The molecule has 0 amide bonds. The van der Waals surface area contributed by atoms with Crippen molar-refractivity contribution in [1.29, 1.82) is 0 Å². The molecule has 2 aromatic carbocycles. The number of hydrogen-bond donors (Lipinski definition) is 1. The van der Waals surface area contributed by atoms with E-state index in [1.807, 2.05) is 12.2 Å². The van der Waals surface area contributed by atoms with Crippen LogP contribution in [0.1, 0.15) is 46.2 Å². The van der Waals surface area contributed by atoms with Gasteiger partial charge in [0.25, 0.3) is 0 Å². The lowest BCUT2D eigenvalue weighted by Gasteiger charge is -2.45. The predicted molar refractivity (Wildman–Crippen MR) is 129 cm³/mol. The number of carbonyl (C=O) groups is 1. The average molecular weight is 421 g/mol. The maximum absolute atomic E-state index is 13.3. The van der Waals surface area contributed by atoms with Crippen molar-refractivity contribution in [1.82, 2.24) is 0 Å². The van der Waals surface area contributed by atoms with Crippen LogP contribution < -0.4 is 0 Å². The molecule has 0 aliphatic carbocycles. The monoisotopic (exact) mass is 420 g/mol. The third-order valence-electron chi connectivity index (χ3n) is 7.11. The molecule has 1 fully saturated rings. The van der Waals surface area contributed by atoms with Crippen molar-refractivity contribution in [3.63, 3.8) is 0 Å². The standard InChI is InChI=1S/C28H38NO2/c1-20-7-9-24(17-22(20)3)11-12-27(30)26-19-29(5,6)16-15-28(26,31)14-13-25-10-8-21(2)23(4)18-25/h7-10,13-14,17-18,26,31H,11-12,15-16,19H2,1-6H3/q+1. The molecule has 1 heterocycles. The lowest BCUT2D eigenvalue weighted by atomic mass is 9.76. The van der Waals surface area contributed by atoms with Crippen molar-refractivity contribution in [2.24, 2.45) is 5.92 Å². The molecule has 0 aromatic heterocycles. The fourth-order valence-electron chi connectivity index (χ4n) is 4.49. The molecule has 3 heteroatoms. The molecule has 31 heavy (non-hydrogen) atoms. The van der Waals surface area contributed by atoms with Crippen LogP contribution in [0, 0.1) is 33.6 Å². The smallest absolute Gasteiger partial charge is 0.145 e. The lowest BCUT2D eigenvalue weighted by molar-refractivity contribution is -0.899. The van der Waals surface area contributed by atoms with E-state index < -0.39 is 5.60 Å². The summed E-state index contributed by atoms with van der Waals surface area (Å²) in [6.45, 7) is 9.93. The van der Waals surface area contributed by atoms with Crippen molar-refractivity contribution in [2.45, 2.75) is 52.6 Å². The highest BCUT2D eigenvalue weighted by atomic mass is 16.3. The normalized spacial score (nSPS) is 23.3. The van der Waals surface area contributed by atoms with Crippen LogP contribution in [-0.4, -0.2) is 48.2 Å². The van der Waals surface area contributed by atoms with Crippen molar-refractivity contribution in [2.75, 3.05) is 27.2 Å². The Morgan fingerprint density at radius 2 is 1.68 bits per heavy atom. The summed E-state index contributed by atoms with van der Waals surface area (Å²) in [7, 11) is 4.30. The maximum Gasteiger partial charge on any atom is 0.145 e. The van der Waals surface area contributed by atoms with Gasteiger partial charge in [0.15, 0.2) is 0 Å². The number of ketones is 1. The second-order valence-electron chi connectivity index (χ2n) is 10.2. The van der Waals surface area contributed by atoms with E-state index in [9.17, 15) is 9.90 Å². The molecule has 3 nitrogen and oxygen atoms in total. The average Bonchev–Trinajstić information content (AvgIpc) is 2.71. The summed E-state index contributed by atoms with van der Waals surface area (Å²) in [5.41, 5.74) is 6.18. The zero-order valence-electron chi connectivity index (χ0n) is 20.0. The number of benzene rings is 2. The van der Waals surface area contributed by atoms with Gasteiger partial charge in [0.2, 0.25) is 0 Å². The lowest BCUT2D eigenvalue weighted by Crippen LogP contribution is -2.59. The van der Waals surface area contributed by atoms with Crippen LogP contribution >= 0.6 is 0 Å². The topological polar surface area (TPSA) is 37.3 Å². The van der Waals surface area contributed by atoms with Gasteiger partial charge in [0.05, 0.1) is 33.1 Å². The highest BCUT2D eigenvalue weighted by Crippen LogP contribution is 2.34. The first-order chi connectivity index (χ1) is 14.5. The van der Waals surface area contributed by atoms with Crippen LogP contribution in [0.5, 0.6) is 0 Å². The summed E-state index contributed by atoms with van der Waals surface area (Å²) in [4.78, 5) is 13.3.